The van der Waals surface area contributed by atoms with Crippen LogP contribution in [0.1, 0.15) is 30.9 Å². The Hall–Kier alpha value is -4.45. The molecule has 214 valence electrons. The van der Waals surface area contributed by atoms with Gasteiger partial charge in [0, 0.05) is 12.8 Å². The van der Waals surface area contributed by atoms with Gasteiger partial charge in [-0.2, -0.15) is 0 Å². The van der Waals surface area contributed by atoms with Gasteiger partial charge in [0.1, 0.15) is 23.9 Å². The van der Waals surface area contributed by atoms with Crippen molar-refractivity contribution in [1.29, 1.82) is 0 Å². The van der Waals surface area contributed by atoms with Crippen LogP contribution in [0.25, 0.3) is 0 Å². The molecule has 0 unspecified atom stereocenters. The number of nitrogens with two attached hydrogens (primary N) is 1. The van der Waals surface area contributed by atoms with E-state index < -0.39 is 54.3 Å². The summed E-state index contributed by atoms with van der Waals surface area (Å²) in [6.45, 7) is 1.73. The van der Waals surface area contributed by atoms with Gasteiger partial charge in [-0.3, -0.25) is 24.0 Å². The Morgan fingerprint density at radius 1 is 0.900 bits per heavy atom. The molecule has 8 N–H and O–H groups in total. The molecule has 0 spiro atoms. The van der Waals surface area contributed by atoms with Crippen molar-refractivity contribution < 1.29 is 29.1 Å². The van der Waals surface area contributed by atoms with Gasteiger partial charge in [-0.25, -0.2) is 0 Å². The van der Waals surface area contributed by atoms with E-state index in [9.17, 15) is 29.1 Å². The Balaban J connectivity index is 1.54. The van der Waals surface area contributed by atoms with Gasteiger partial charge in [0.15, 0.2) is 0 Å². The average molecular weight is 553 g/mol. The first-order valence-electron chi connectivity index (χ1n) is 13.1. The van der Waals surface area contributed by atoms with Crippen LogP contribution >= 0.6 is 0 Å². The maximum atomic E-state index is 13.1. The highest BCUT2D eigenvalue weighted by Gasteiger charge is 2.29. The first-order chi connectivity index (χ1) is 19.1. The van der Waals surface area contributed by atoms with Crippen LogP contribution in [0.2, 0.25) is 0 Å². The van der Waals surface area contributed by atoms with Crippen molar-refractivity contribution >= 4 is 29.5 Å². The summed E-state index contributed by atoms with van der Waals surface area (Å²) in [5.41, 5.74) is 6.93. The second kappa shape index (κ2) is 14.6. The number of benzene rings is 2. The number of nitrogens with one attached hydrogen (secondary N) is 5. The van der Waals surface area contributed by atoms with Crippen LogP contribution < -0.4 is 32.3 Å². The minimum absolute atomic E-state index is 0.0699. The van der Waals surface area contributed by atoms with Gasteiger partial charge in [0.05, 0.1) is 12.6 Å². The standard InChI is InChI=1S/C28H36N6O6/c1-17(26(38)31-16-24(36)33-22(25(29)37)14-18-6-3-2-4-7-18)32-28(40)23(15-19-9-11-20(35)12-10-19)34-27(39)21-8-5-13-30-21/h2-4,6-7,9-12,17,21-23,30,35H,5,8,13-16H2,1H3,(H2,29,37)(H,31,38)(H,32,40)(H,33,36)(H,34,39)/t17-,21+,22+,23+/m1/s1. The lowest BCUT2D eigenvalue weighted by atomic mass is 10.0. The van der Waals surface area contributed by atoms with Crippen molar-refractivity contribution in [2.75, 3.05) is 13.1 Å². The fourth-order valence-electron chi connectivity index (χ4n) is 4.28. The molecule has 1 saturated heterocycles. The van der Waals surface area contributed by atoms with Gasteiger partial charge in [-0.15, -0.1) is 0 Å². The van der Waals surface area contributed by atoms with E-state index in [2.05, 4.69) is 26.6 Å². The summed E-state index contributed by atoms with van der Waals surface area (Å²) in [6, 6.07) is 11.9. The van der Waals surface area contributed by atoms with E-state index in [1.54, 1.807) is 36.4 Å². The number of phenolic OH excluding ortho intramolecular Hbond substituents is 1. The lowest BCUT2D eigenvalue weighted by molar-refractivity contribution is -0.133. The zero-order chi connectivity index (χ0) is 29.1. The summed E-state index contributed by atoms with van der Waals surface area (Å²) in [5.74, 6) is -2.78. The smallest absolute Gasteiger partial charge is 0.243 e. The van der Waals surface area contributed by atoms with Crippen molar-refractivity contribution in [3.05, 3.63) is 65.7 Å². The molecule has 40 heavy (non-hydrogen) atoms. The van der Waals surface area contributed by atoms with Crippen LogP contribution in [0.15, 0.2) is 54.6 Å². The summed E-state index contributed by atoms with van der Waals surface area (Å²) in [6.07, 6.45) is 1.84. The Morgan fingerprint density at radius 3 is 2.17 bits per heavy atom. The summed E-state index contributed by atoms with van der Waals surface area (Å²) < 4.78 is 0. The number of amides is 5. The minimum atomic E-state index is -1.03. The van der Waals surface area contributed by atoms with E-state index >= 15 is 0 Å². The topological polar surface area (TPSA) is 192 Å². The van der Waals surface area contributed by atoms with Crippen LogP contribution in [0.3, 0.4) is 0 Å². The predicted molar refractivity (Wildman–Crippen MR) is 147 cm³/mol. The quantitative estimate of drug-likeness (QED) is 0.166. The van der Waals surface area contributed by atoms with Crippen molar-refractivity contribution in [2.45, 2.75) is 56.8 Å². The zero-order valence-corrected chi connectivity index (χ0v) is 22.3. The lowest BCUT2D eigenvalue weighted by Gasteiger charge is -2.23. The Labute approximate surface area is 232 Å². The summed E-state index contributed by atoms with van der Waals surface area (Å²) in [5, 5.41) is 22.9. The third-order valence-corrected chi connectivity index (χ3v) is 6.52. The number of rotatable bonds is 13. The highest BCUT2D eigenvalue weighted by molar-refractivity contribution is 5.94. The molecule has 0 saturated carbocycles. The van der Waals surface area contributed by atoms with Gasteiger partial charge in [0.2, 0.25) is 29.5 Å². The molecular weight excluding hydrogens is 516 g/mol. The second-order valence-corrected chi connectivity index (χ2v) is 9.74. The van der Waals surface area contributed by atoms with Crippen LogP contribution in [-0.2, 0) is 36.8 Å². The molecule has 1 fully saturated rings. The van der Waals surface area contributed by atoms with Crippen LogP contribution in [0.5, 0.6) is 5.75 Å². The van der Waals surface area contributed by atoms with Crippen molar-refractivity contribution in [2.24, 2.45) is 5.73 Å². The van der Waals surface area contributed by atoms with Crippen LogP contribution in [0.4, 0.5) is 0 Å². The number of phenols is 1. The van der Waals surface area contributed by atoms with E-state index in [1.807, 2.05) is 6.07 Å². The normalized spacial score (nSPS) is 16.7. The third-order valence-electron chi connectivity index (χ3n) is 6.52. The lowest BCUT2D eigenvalue weighted by Crippen LogP contribution is -2.56. The summed E-state index contributed by atoms with van der Waals surface area (Å²) >= 11 is 0. The molecule has 1 aliphatic heterocycles. The molecule has 3 rings (SSSR count). The number of carbonyl (C=O) groups excluding carboxylic acids is 5. The molecule has 0 aromatic heterocycles. The van der Waals surface area contributed by atoms with Gasteiger partial charge in [-0.1, -0.05) is 42.5 Å². The first kappa shape index (κ1) is 30.1. The van der Waals surface area contributed by atoms with E-state index in [1.165, 1.54) is 19.1 Å². The van der Waals surface area contributed by atoms with Gasteiger partial charge < -0.3 is 37.4 Å². The van der Waals surface area contributed by atoms with E-state index in [0.717, 1.165) is 12.0 Å². The van der Waals surface area contributed by atoms with Crippen LogP contribution in [0, 0.1) is 0 Å². The Bertz CT molecular complexity index is 1180. The molecule has 5 amide bonds. The zero-order valence-electron chi connectivity index (χ0n) is 22.3. The van der Waals surface area contributed by atoms with E-state index in [-0.39, 0.29) is 24.5 Å². The second-order valence-electron chi connectivity index (χ2n) is 9.74. The van der Waals surface area contributed by atoms with Crippen LogP contribution in [-0.4, -0.2) is 71.9 Å². The Morgan fingerprint density at radius 2 is 1.55 bits per heavy atom. The average Bonchev–Trinajstić information content (AvgIpc) is 3.48. The molecule has 1 heterocycles. The molecule has 2 aromatic rings. The summed E-state index contributed by atoms with van der Waals surface area (Å²) in [4.78, 5) is 62.6. The third kappa shape index (κ3) is 9.38. The van der Waals surface area contributed by atoms with Crippen molar-refractivity contribution in [1.82, 2.24) is 26.6 Å². The van der Waals surface area contributed by atoms with Gasteiger partial charge in [0.25, 0.3) is 0 Å². The van der Waals surface area contributed by atoms with E-state index in [0.29, 0.717) is 18.5 Å². The molecule has 12 heteroatoms. The molecule has 12 nitrogen and oxygen atoms in total. The SMILES string of the molecule is C[C@@H](NC(=O)[C@H](Cc1ccc(O)cc1)NC(=O)[C@@H]1CCCN1)C(=O)NCC(=O)N[C@@H](Cc1ccccc1)C(N)=O. The minimum Gasteiger partial charge on any atom is -0.508 e. The number of carbonyl (C=O) groups is 5. The molecule has 4 atom stereocenters. The maximum absolute atomic E-state index is 13.1. The number of primary amides is 1. The first-order valence-corrected chi connectivity index (χ1v) is 13.1. The maximum Gasteiger partial charge on any atom is 0.243 e. The Kier molecular flexibility index (Phi) is 11.0. The van der Waals surface area contributed by atoms with Crippen molar-refractivity contribution in [3.8, 4) is 5.75 Å². The predicted octanol–water partition coefficient (Wildman–Crippen LogP) is -0.995. The molecular formula is C28H36N6O6. The fourth-order valence-corrected chi connectivity index (χ4v) is 4.28. The van der Waals surface area contributed by atoms with Crippen molar-refractivity contribution in [3.63, 3.8) is 0 Å². The van der Waals surface area contributed by atoms with Gasteiger partial charge in [-0.05, 0) is 49.6 Å². The molecule has 2 aromatic carbocycles. The monoisotopic (exact) mass is 552 g/mol. The number of hydrogen-bond acceptors (Lipinski definition) is 7. The molecule has 0 aliphatic carbocycles. The highest BCUT2D eigenvalue weighted by atomic mass is 16.3. The molecule has 0 radical (unpaired) electrons. The fraction of sp³-hybridized carbons (Fsp3) is 0.393. The highest BCUT2D eigenvalue weighted by Crippen LogP contribution is 2.12. The number of hydrogen-bond donors (Lipinski definition) is 7. The largest absolute Gasteiger partial charge is 0.508 e. The molecule has 1 aliphatic rings. The molecule has 0 bridgehead atoms. The number of aromatic hydroxyl groups is 1. The van der Waals surface area contributed by atoms with E-state index in [4.69, 9.17) is 5.73 Å². The van der Waals surface area contributed by atoms with Gasteiger partial charge >= 0.3 is 0 Å². The summed E-state index contributed by atoms with van der Waals surface area (Å²) in [7, 11) is 0.